The van der Waals surface area contributed by atoms with Crippen LogP contribution in [0.2, 0.25) is 0 Å². The largest absolute Gasteiger partial charge is 0.343 e. The van der Waals surface area contributed by atoms with Crippen LogP contribution in [0.4, 0.5) is 0 Å². The molecule has 3 nitrogen and oxygen atoms in total. The molecule has 2 N–H and O–H groups in total. The highest BCUT2D eigenvalue weighted by Crippen LogP contribution is 2.09. The zero-order valence-electron chi connectivity index (χ0n) is 13.5. The minimum atomic E-state index is -0.00708. The maximum absolute atomic E-state index is 12.3. The van der Waals surface area contributed by atoms with Gasteiger partial charge in [0.2, 0.25) is 5.91 Å². The van der Waals surface area contributed by atoms with Gasteiger partial charge in [0.25, 0.3) is 0 Å². The van der Waals surface area contributed by atoms with E-state index in [4.69, 9.17) is 5.73 Å². The molecule has 0 aromatic heterocycles. The molecular formula is C16H34N2O. The molecule has 1 amide bonds. The van der Waals surface area contributed by atoms with Crippen molar-refractivity contribution >= 4 is 5.91 Å². The Morgan fingerprint density at radius 2 is 1.47 bits per heavy atom. The van der Waals surface area contributed by atoms with Crippen LogP contribution < -0.4 is 5.73 Å². The fourth-order valence-corrected chi connectivity index (χ4v) is 2.03. The monoisotopic (exact) mass is 270 g/mol. The first-order chi connectivity index (χ1) is 9.02. The molecule has 0 spiro atoms. The maximum atomic E-state index is 12.3. The minimum Gasteiger partial charge on any atom is -0.343 e. The summed E-state index contributed by atoms with van der Waals surface area (Å²) < 4.78 is 0. The lowest BCUT2D eigenvalue weighted by atomic mass is 10.0. The quantitative estimate of drug-likeness (QED) is 0.583. The second-order valence-corrected chi connectivity index (χ2v) is 5.91. The number of nitrogens with two attached hydrogens (primary N) is 1. The summed E-state index contributed by atoms with van der Waals surface area (Å²) in [7, 11) is 0. The molecule has 19 heavy (non-hydrogen) atoms. The molecule has 0 radical (unpaired) electrons. The zero-order valence-corrected chi connectivity index (χ0v) is 13.5. The van der Waals surface area contributed by atoms with E-state index in [1.807, 2.05) is 4.90 Å². The van der Waals surface area contributed by atoms with Crippen LogP contribution in [-0.2, 0) is 4.79 Å². The highest BCUT2D eigenvalue weighted by atomic mass is 16.2. The molecule has 3 heteroatoms. The van der Waals surface area contributed by atoms with Gasteiger partial charge < -0.3 is 10.6 Å². The fourth-order valence-electron chi connectivity index (χ4n) is 2.03. The van der Waals surface area contributed by atoms with Crippen molar-refractivity contribution < 1.29 is 4.79 Å². The maximum Gasteiger partial charge on any atom is 0.224 e. The number of carbonyl (C=O) groups excluding carboxylic acids is 1. The van der Waals surface area contributed by atoms with E-state index in [-0.39, 0.29) is 11.9 Å². The van der Waals surface area contributed by atoms with E-state index in [1.54, 1.807) is 0 Å². The Balaban J connectivity index is 4.23. The number of hydrogen-bond acceptors (Lipinski definition) is 2. The number of rotatable bonds is 11. The number of nitrogens with zero attached hydrogens (tertiary/aromatic N) is 1. The lowest BCUT2D eigenvalue weighted by Crippen LogP contribution is -2.39. The molecule has 1 unspecified atom stereocenters. The third-order valence-corrected chi connectivity index (χ3v) is 3.68. The Morgan fingerprint density at radius 3 is 1.84 bits per heavy atom. The highest BCUT2D eigenvalue weighted by Gasteiger charge is 2.18. The molecule has 0 aliphatic heterocycles. The van der Waals surface area contributed by atoms with E-state index in [0.717, 1.165) is 25.9 Å². The fraction of sp³-hybridized carbons (Fsp3) is 0.938. The van der Waals surface area contributed by atoms with Crippen LogP contribution in [0.15, 0.2) is 0 Å². The van der Waals surface area contributed by atoms with E-state index >= 15 is 0 Å². The van der Waals surface area contributed by atoms with Crippen LogP contribution in [0.25, 0.3) is 0 Å². The number of unbranched alkanes of at least 4 members (excludes halogenated alkanes) is 4. The van der Waals surface area contributed by atoms with Crippen molar-refractivity contribution in [2.75, 3.05) is 13.1 Å². The second kappa shape index (κ2) is 11.3. The summed E-state index contributed by atoms with van der Waals surface area (Å²) in [6.07, 6.45) is 7.53. The topological polar surface area (TPSA) is 46.3 Å². The summed E-state index contributed by atoms with van der Waals surface area (Å²) in [6, 6.07) is -0.00708. The van der Waals surface area contributed by atoms with E-state index in [9.17, 15) is 4.79 Å². The number of amides is 1. The van der Waals surface area contributed by atoms with Crippen molar-refractivity contribution in [3.8, 4) is 0 Å². The van der Waals surface area contributed by atoms with E-state index in [2.05, 4.69) is 27.7 Å². The smallest absolute Gasteiger partial charge is 0.224 e. The van der Waals surface area contributed by atoms with E-state index in [0.29, 0.717) is 12.3 Å². The minimum absolute atomic E-state index is 0.00708. The predicted molar refractivity (Wildman–Crippen MR) is 83.1 cm³/mol. The SMILES string of the molecule is CCCCCN(CCCCC)C(=O)CC(N)C(C)C. The molecule has 0 heterocycles. The third kappa shape index (κ3) is 9.04. The summed E-state index contributed by atoms with van der Waals surface area (Å²) >= 11 is 0. The first-order valence-electron chi connectivity index (χ1n) is 8.06. The summed E-state index contributed by atoms with van der Waals surface area (Å²) in [5.74, 6) is 0.616. The highest BCUT2D eigenvalue weighted by molar-refractivity contribution is 5.76. The van der Waals surface area contributed by atoms with Crippen molar-refractivity contribution in [2.24, 2.45) is 11.7 Å². The first-order valence-corrected chi connectivity index (χ1v) is 8.06. The molecule has 0 aliphatic carbocycles. The van der Waals surface area contributed by atoms with Crippen molar-refractivity contribution in [1.82, 2.24) is 4.90 Å². The van der Waals surface area contributed by atoms with Crippen LogP contribution in [0.1, 0.15) is 72.6 Å². The van der Waals surface area contributed by atoms with Crippen molar-refractivity contribution in [3.63, 3.8) is 0 Å². The van der Waals surface area contributed by atoms with Crippen molar-refractivity contribution in [2.45, 2.75) is 78.7 Å². The lowest BCUT2D eigenvalue weighted by Gasteiger charge is -2.25. The van der Waals surface area contributed by atoms with Crippen LogP contribution >= 0.6 is 0 Å². The molecule has 0 aromatic carbocycles. The van der Waals surface area contributed by atoms with Gasteiger partial charge in [-0.3, -0.25) is 4.79 Å². The Kier molecular flexibility index (Phi) is 10.9. The summed E-state index contributed by atoms with van der Waals surface area (Å²) in [5, 5.41) is 0. The lowest BCUT2D eigenvalue weighted by molar-refractivity contribution is -0.132. The molecule has 114 valence electrons. The molecule has 0 saturated carbocycles. The predicted octanol–water partition coefficient (Wildman–Crippen LogP) is 3.57. The van der Waals surface area contributed by atoms with Gasteiger partial charge in [-0.25, -0.2) is 0 Å². The summed E-state index contributed by atoms with van der Waals surface area (Å²) in [4.78, 5) is 14.3. The van der Waals surface area contributed by atoms with Gasteiger partial charge in [-0.2, -0.15) is 0 Å². The van der Waals surface area contributed by atoms with Crippen LogP contribution in [0, 0.1) is 5.92 Å². The van der Waals surface area contributed by atoms with E-state index < -0.39 is 0 Å². The van der Waals surface area contributed by atoms with Crippen molar-refractivity contribution in [1.29, 1.82) is 0 Å². The zero-order chi connectivity index (χ0) is 14.7. The molecule has 0 rings (SSSR count). The molecular weight excluding hydrogens is 236 g/mol. The van der Waals surface area contributed by atoms with Gasteiger partial charge in [0.15, 0.2) is 0 Å². The Hall–Kier alpha value is -0.570. The Bertz CT molecular complexity index is 219. The van der Waals surface area contributed by atoms with Crippen LogP contribution in [0.3, 0.4) is 0 Å². The van der Waals surface area contributed by atoms with Gasteiger partial charge in [-0.15, -0.1) is 0 Å². The molecule has 0 bridgehead atoms. The molecule has 1 atom stereocenters. The first kappa shape index (κ1) is 18.4. The van der Waals surface area contributed by atoms with Gasteiger partial charge >= 0.3 is 0 Å². The third-order valence-electron chi connectivity index (χ3n) is 3.68. The molecule has 0 aliphatic rings. The number of hydrogen-bond donors (Lipinski definition) is 1. The number of carbonyl (C=O) groups is 1. The summed E-state index contributed by atoms with van der Waals surface area (Å²) in [6.45, 7) is 10.4. The van der Waals surface area contributed by atoms with Crippen molar-refractivity contribution in [3.05, 3.63) is 0 Å². The van der Waals surface area contributed by atoms with Gasteiger partial charge in [-0.1, -0.05) is 53.4 Å². The summed E-state index contributed by atoms with van der Waals surface area (Å²) in [5.41, 5.74) is 6.02. The Morgan fingerprint density at radius 1 is 1.00 bits per heavy atom. The molecule has 0 fully saturated rings. The average Bonchev–Trinajstić information content (AvgIpc) is 2.37. The van der Waals surface area contributed by atoms with Crippen LogP contribution in [0.5, 0.6) is 0 Å². The van der Waals surface area contributed by atoms with Gasteiger partial charge in [0.1, 0.15) is 0 Å². The van der Waals surface area contributed by atoms with E-state index in [1.165, 1.54) is 25.7 Å². The van der Waals surface area contributed by atoms with Crippen LogP contribution in [-0.4, -0.2) is 29.9 Å². The van der Waals surface area contributed by atoms with Gasteiger partial charge in [-0.05, 0) is 18.8 Å². The van der Waals surface area contributed by atoms with Gasteiger partial charge in [0, 0.05) is 25.6 Å². The molecule has 0 aromatic rings. The second-order valence-electron chi connectivity index (χ2n) is 5.91. The molecule has 0 saturated heterocycles. The average molecular weight is 270 g/mol. The standard InChI is InChI=1S/C16H34N2O/c1-5-7-9-11-18(12-10-8-6-2)16(19)13-15(17)14(3)4/h14-15H,5-13,17H2,1-4H3. The van der Waals surface area contributed by atoms with Gasteiger partial charge in [0.05, 0.1) is 0 Å². The Labute approximate surface area is 119 Å². The normalized spacial score (nSPS) is 12.7.